The lowest BCUT2D eigenvalue weighted by atomic mass is 9.97. The van der Waals surface area contributed by atoms with E-state index in [0.717, 1.165) is 30.4 Å². The molecule has 0 aliphatic carbocycles. The highest BCUT2D eigenvalue weighted by Gasteiger charge is 2.36. The van der Waals surface area contributed by atoms with Crippen LogP contribution >= 0.6 is 0 Å². The van der Waals surface area contributed by atoms with Crippen LogP contribution in [0.1, 0.15) is 95.9 Å². The van der Waals surface area contributed by atoms with Gasteiger partial charge in [-0.3, -0.25) is 14.4 Å². The molecule has 0 spiro atoms. The van der Waals surface area contributed by atoms with E-state index in [2.05, 4.69) is 10.6 Å². The van der Waals surface area contributed by atoms with E-state index < -0.39 is 35.6 Å². The van der Waals surface area contributed by atoms with E-state index in [1.807, 2.05) is 45.9 Å². The van der Waals surface area contributed by atoms with E-state index in [0.29, 0.717) is 25.1 Å². The van der Waals surface area contributed by atoms with Crippen LogP contribution in [0.4, 0.5) is 4.79 Å². The van der Waals surface area contributed by atoms with Crippen molar-refractivity contribution in [1.29, 1.82) is 0 Å². The molecule has 1 aromatic carbocycles. The highest BCUT2D eigenvalue weighted by Crippen LogP contribution is 2.26. The largest absolute Gasteiger partial charge is 0.444 e. The molecule has 0 radical (unpaired) electrons. The predicted octanol–water partition coefficient (Wildman–Crippen LogP) is 4.05. The van der Waals surface area contributed by atoms with Gasteiger partial charge in [-0.1, -0.05) is 44.9 Å². The van der Waals surface area contributed by atoms with Gasteiger partial charge in [-0.25, -0.2) is 4.79 Å². The van der Waals surface area contributed by atoms with Gasteiger partial charge in [0.05, 0.1) is 0 Å². The third-order valence-corrected chi connectivity index (χ3v) is 5.94. The summed E-state index contributed by atoms with van der Waals surface area (Å²) in [5, 5.41) is 5.58. The van der Waals surface area contributed by atoms with Crippen LogP contribution in [0, 0.1) is 13.8 Å². The second-order valence-corrected chi connectivity index (χ2v) is 10.5. The molecule has 0 saturated heterocycles. The van der Waals surface area contributed by atoms with Gasteiger partial charge in [0.15, 0.2) is 0 Å². The number of nitrogens with two attached hydrogens (primary N) is 1. The van der Waals surface area contributed by atoms with Crippen LogP contribution in [-0.2, 0) is 19.1 Å². The number of carbonyl (C=O) groups excluding carboxylic acids is 4. The Hall–Kier alpha value is -3.10. The molecule has 0 saturated carbocycles. The van der Waals surface area contributed by atoms with E-state index in [1.54, 1.807) is 20.8 Å². The van der Waals surface area contributed by atoms with Crippen molar-refractivity contribution in [3.63, 3.8) is 0 Å². The number of benzene rings is 1. The van der Waals surface area contributed by atoms with Gasteiger partial charge >= 0.3 is 6.09 Å². The van der Waals surface area contributed by atoms with E-state index in [4.69, 9.17) is 10.5 Å². The minimum atomic E-state index is -1.09. The number of unbranched alkanes of at least 4 members (excludes halogenated alkanes) is 2. The average Bonchev–Trinajstić information content (AvgIpc) is 2.79. The third kappa shape index (κ3) is 11.2. The molecule has 9 heteroatoms. The zero-order chi connectivity index (χ0) is 28.2. The Balaban J connectivity index is 3.48. The highest BCUT2D eigenvalue weighted by atomic mass is 16.6. The SMILES string of the molecule is CCCCNC(=O)C(c1ccc(C)c(C)c1)N(CCCC)C(=O)C(CCC(N)=O)NC(=O)OC(C)(C)C. The summed E-state index contributed by atoms with van der Waals surface area (Å²) >= 11 is 0. The number of amides is 4. The van der Waals surface area contributed by atoms with Crippen molar-refractivity contribution in [2.45, 2.75) is 105 Å². The molecule has 0 bridgehead atoms. The van der Waals surface area contributed by atoms with Crippen molar-refractivity contribution < 1.29 is 23.9 Å². The van der Waals surface area contributed by atoms with E-state index in [1.165, 1.54) is 4.90 Å². The van der Waals surface area contributed by atoms with Crippen LogP contribution in [-0.4, -0.2) is 53.4 Å². The van der Waals surface area contributed by atoms with Crippen LogP contribution in [0.3, 0.4) is 0 Å². The molecule has 1 rings (SSSR count). The minimum absolute atomic E-state index is 0.00681. The van der Waals surface area contributed by atoms with Crippen LogP contribution in [0.2, 0.25) is 0 Å². The van der Waals surface area contributed by atoms with Gasteiger partial charge in [0, 0.05) is 19.5 Å². The molecule has 0 fully saturated rings. The van der Waals surface area contributed by atoms with Gasteiger partial charge in [0.1, 0.15) is 17.7 Å². The quantitative estimate of drug-likeness (QED) is 0.320. The smallest absolute Gasteiger partial charge is 0.408 e. The first-order valence-electron chi connectivity index (χ1n) is 13.2. The Morgan fingerprint density at radius 3 is 2.22 bits per heavy atom. The molecule has 0 aromatic heterocycles. The lowest BCUT2D eigenvalue weighted by molar-refractivity contribution is -0.142. The topological polar surface area (TPSA) is 131 Å². The molecular formula is C28H46N4O5. The van der Waals surface area contributed by atoms with Gasteiger partial charge in [0.25, 0.3) is 0 Å². The van der Waals surface area contributed by atoms with E-state index in [9.17, 15) is 19.2 Å². The first kappa shape index (κ1) is 31.9. The number of rotatable bonds is 14. The summed E-state index contributed by atoms with van der Waals surface area (Å²) in [4.78, 5) is 53.2. The first-order valence-corrected chi connectivity index (χ1v) is 13.2. The van der Waals surface area contributed by atoms with Crippen molar-refractivity contribution in [2.24, 2.45) is 5.73 Å². The van der Waals surface area contributed by atoms with Crippen molar-refractivity contribution in [3.05, 3.63) is 34.9 Å². The lowest BCUT2D eigenvalue weighted by Gasteiger charge is -2.34. The molecule has 208 valence electrons. The fourth-order valence-corrected chi connectivity index (χ4v) is 3.78. The van der Waals surface area contributed by atoms with Crippen molar-refractivity contribution in [2.75, 3.05) is 13.1 Å². The molecule has 9 nitrogen and oxygen atoms in total. The third-order valence-electron chi connectivity index (χ3n) is 5.94. The number of alkyl carbamates (subject to hydrolysis) is 1. The summed E-state index contributed by atoms with van der Waals surface area (Å²) < 4.78 is 5.36. The summed E-state index contributed by atoms with van der Waals surface area (Å²) in [5.74, 6) is -1.34. The van der Waals surface area contributed by atoms with E-state index >= 15 is 0 Å². The highest BCUT2D eigenvalue weighted by molar-refractivity contribution is 5.92. The predicted molar refractivity (Wildman–Crippen MR) is 145 cm³/mol. The van der Waals surface area contributed by atoms with Crippen molar-refractivity contribution >= 4 is 23.8 Å². The van der Waals surface area contributed by atoms with Gasteiger partial charge in [-0.2, -0.15) is 0 Å². The Bertz CT molecular complexity index is 926. The average molecular weight is 519 g/mol. The number of hydrogen-bond acceptors (Lipinski definition) is 5. The molecule has 2 atom stereocenters. The summed E-state index contributed by atoms with van der Waals surface area (Å²) in [7, 11) is 0. The van der Waals surface area contributed by atoms with Crippen LogP contribution < -0.4 is 16.4 Å². The Kier molecular flexibility index (Phi) is 13.1. The number of aryl methyl sites for hydroxylation is 2. The van der Waals surface area contributed by atoms with Crippen molar-refractivity contribution in [1.82, 2.24) is 15.5 Å². The van der Waals surface area contributed by atoms with Gasteiger partial charge in [0.2, 0.25) is 17.7 Å². The minimum Gasteiger partial charge on any atom is -0.444 e. The number of nitrogens with zero attached hydrogens (tertiary/aromatic N) is 1. The molecule has 0 aliphatic heterocycles. The molecule has 0 aliphatic rings. The van der Waals surface area contributed by atoms with Crippen LogP contribution in [0.15, 0.2) is 18.2 Å². The Morgan fingerprint density at radius 2 is 1.68 bits per heavy atom. The van der Waals surface area contributed by atoms with Crippen molar-refractivity contribution in [3.8, 4) is 0 Å². The van der Waals surface area contributed by atoms with Crippen LogP contribution in [0.25, 0.3) is 0 Å². The first-order chi connectivity index (χ1) is 17.3. The zero-order valence-electron chi connectivity index (χ0n) is 23.6. The molecule has 37 heavy (non-hydrogen) atoms. The Morgan fingerprint density at radius 1 is 1.03 bits per heavy atom. The molecule has 4 amide bonds. The number of nitrogens with one attached hydrogen (secondary N) is 2. The molecule has 4 N–H and O–H groups in total. The van der Waals surface area contributed by atoms with Gasteiger partial charge in [-0.05, 0) is 70.6 Å². The molecule has 0 heterocycles. The molecule has 1 aromatic rings. The summed E-state index contributed by atoms with van der Waals surface area (Å²) in [6.07, 6.45) is 2.30. The monoisotopic (exact) mass is 518 g/mol. The fraction of sp³-hybridized carbons (Fsp3) is 0.643. The zero-order valence-corrected chi connectivity index (χ0v) is 23.6. The Labute approximate surface area is 221 Å². The summed E-state index contributed by atoms with van der Waals surface area (Å²) in [6.45, 7) is 13.9. The number of hydrogen-bond donors (Lipinski definition) is 3. The summed E-state index contributed by atoms with van der Waals surface area (Å²) in [6, 6.07) is 3.73. The van der Waals surface area contributed by atoms with E-state index in [-0.39, 0.29) is 18.7 Å². The standard InChI is InChI=1S/C28H46N4O5/c1-8-10-16-30-25(34)24(21-13-12-19(3)20(4)18-21)32(17-11-9-2)26(35)22(14-15-23(29)33)31-27(36)37-28(5,6)7/h12-13,18,22,24H,8-11,14-17H2,1-7H3,(H2,29,33)(H,30,34)(H,31,36). The summed E-state index contributed by atoms with van der Waals surface area (Å²) in [5.41, 5.74) is 7.35. The van der Waals surface area contributed by atoms with Gasteiger partial charge in [-0.15, -0.1) is 0 Å². The number of primary amides is 1. The molecular weight excluding hydrogens is 472 g/mol. The fourth-order valence-electron chi connectivity index (χ4n) is 3.78. The number of ether oxygens (including phenoxy) is 1. The maximum atomic E-state index is 14.0. The molecule has 2 unspecified atom stereocenters. The second-order valence-electron chi connectivity index (χ2n) is 10.5. The van der Waals surface area contributed by atoms with Gasteiger partial charge < -0.3 is 26.0 Å². The number of carbonyl (C=O) groups is 4. The normalized spacial score (nSPS) is 12.8. The maximum absolute atomic E-state index is 14.0. The maximum Gasteiger partial charge on any atom is 0.408 e. The van der Waals surface area contributed by atoms with Crippen LogP contribution in [0.5, 0.6) is 0 Å². The second kappa shape index (κ2) is 15.2. The lowest BCUT2D eigenvalue weighted by Crippen LogP contribution is -2.53.